The fraction of sp³-hybridized carbons (Fsp3) is 0.250. The number of halogens is 1. The minimum Gasteiger partial charge on any atom is -0.323 e. The van der Waals surface area contributed by atoms with Gasteiger partial charge < -0.3 is 5.32 Å². The number of hydrogen-bond donors (Lipinski definition) is 1. The predicted octanol–water partition coefficient (Wildman–Crippen LogP) is 2.72. The van der Waals surface area contributed by atoms with Gasteiger partial charge in [-0.25, -0.2) is 14.4 Å². The summed E-state index contributed by atoms with van der Waals surface area (Å²) < 4.78 is 14.0. The molecule has 0 fully saturated rings. The minimum atomic E-state index is -0.926. The van der Waals surface area contributed by atoms with E-state index >= 15 is 0 Å². The van der Waals surface area contributed by atoms with Crippen LogP contribution in [0.4, 0.5) is 10.1 Å². The monoisotopic (exact) mass is 333 g/mol. The van der Waals surface area contributed by atoms with Gasteiger partial charge >= 0.3 is 0 Å². The lowest BCUT2D eigenvalue weighted by Gasteiger charge is -2.14. The Labute approximate surface area is 137 Å². The SMILES string of the molecule is CSc1ccc(NC(=O)C(Cc2ccncn2)C(C)=O)c(F)c1. The molecule has 0 aliphatic heterocycles. The normalized spacial score (nSPS) is 11.8. The van der Waals surface area contributed by atoms with E-state index in [9.17, 15) is 14.0 Å². The van der Waals surface area contributed by atoms with Crippen molar-refractivity contribution >= 4 is 29.1 Å². The van der Waals surface area contributed by atoms with Crippen molar-refractivity contribution in [3.05, 3.63) is 48.3 Å². The number of carbonyl (C=O) groups is 2. The molecule has 1 aromatic carbocycles. The Bertz CT molecular complexity index is 710. The molecule has 0 saturated heterocycles. The molecule has 0 bridgehead atoms. The van der Waals surface area contributed by atoms with Crippen LogP contribution in [0.2, 0.25) is 0 Å². The van der Waals surface area contributed by atoms with Gasteiger partial charge in [0.05, 0.1) is 5.69 Å². The molecule has 0 aliphatic rings. The van der Waals surface area contributed by atoms with E-state index in [4.69, 9.17) is 0 Å². The lowest BCUT2D eigenvalue weighted by Crippen LogP contribution is -2.30. The first-order chi connectivity index (χ1) is 11.0. The summed E-state index contributed by atoms with van der Waals surface area (Å²) in [6.45, 7) is 1.33. The van der Waals surface area contributed by atoms with Crippen molar-refractivity contribution in [1.29, 1.82) is 0 Å². The third-order valence-corrected chi connectivity index (χ3v) is 4.02. The fourth-order valence-electron chi connectivity index (χ4n) is 2.01. The number of rotatable bonds is 6. The van der Waals surface area contributed by atoms with Gasteiger partial charge in [-0.05, 0) is 37.4 Å². The molecule has 23 heavy (non-hydrogen) atoms. The topological polar surface area (TPSA) is 72.0 Å². The first kappa shape index (κ1) is 17.1. The Balaban J connectivity index is 2.14. The van der Waals surface area contributed by atoms with Crippen LogP contribution in [-0.4, -0.2) is 27.9 Å². The van der Waals surface area contributed by atoms with Gasteiger partial charge in [-0.1, -0.05) is 0 Å². The number of amides is 1. The number of carbonyl (C=O) groups excluding carboxylic acids is 2. The highest BCUT2D eigenvalue weighted by molar-refractivity contribution is 7.98. The Morgan fingerprint density at radius 2 is 2.13 bits per heavy atom. The van der Waals surface area contributed by atoms with Gasteiger partial charge in [-0.3, -0.25) is 9.59 Å². The second kappa shape index (κ2) is 7.82. The smallest absolute Gasteiger partial charge is 0.235 e. The van der Waals surface area contributed by atoms with Crippen LogP contribution in [0.3, 0.4) is 0 Å². The van der Waals surface area contributed by atoms with Crippen molar-refractivity contribution in [3.63, 3.8) is 0 Å². The summed E-state index contributed by atoms with van der Waals surface area (Å²) in [5.41, 5.74) is 0.635. The quantitative estimate of drug-likeness (QED) is 0.650. The maximum absolute atomic E-state index is 14.0. The Hall–Kier alpha value is -2.28. The molecule has 0 aliphatic carbocycles. The van der Waals surface area contributed by atoms with Crippen LogP contribution >= 0.6 is 11.8 Å². The maximum atomic E-state index is 14.0. The second-order valence-corrected chi connectivity index (χ2v) is 5.78. The molecule has 1 amide bonds. The van der Waals surface area contributed by atoms with Gasteiger partial charge in [-0.15, -0.1) is 11.8 Å². The first-order valence-corrected chi connectivity index (χ1v) is 8.13. The van der Waals surface area contributed by atoms with Gasteiger partial charge in [0.25, 0.3) is 0 Å². The van der Waals surface area contributed by atoms with Gasteiger partial charge in [0.15, 0.2) is 0 Å². The molecule has 1 aromatic heterocycles. The average Bonchev–Trinajstić information content (AvgIpc) is 2.55. The molecule has 1 heterocycles. The highest BCUT2D eigenvalue weighted by Gasteiger charge is 2.25. The largest absolute Gasteiger partial charge is 0.323 e. The molecule has 1 N–H and O–H groups in total. The van der Waals surface area contributed by atoms with Crippen molar-refractivity contribution in [2.75, 3.05) is 11.6 Å². The van der Waals surface area contributed by atoms with Crippen molar-refractivity contribution in [2.45, 2.75) is 18.2 Å². The molecule has 120 valence electrons. The maximum Gasteiger partial charge on any atom is 0.235 e. The van der Waals surface area contributed by atoms with E-state index in [2.05, 4.69) is 15.3 Å². The van der Waals surface area contributed by atoms with Gasteiger partial charge in [0, 0.05) is 23.2 Å². The van der Waals surface area contributed by atoms with Crippen LogP contribution in [0, 0.1) is 11.7 Å². The molecule has 0 saturated carbocycles. The Morgan fingerprint density at radius 1 is 1.35 bits per heavy atom. The van der Waals surface area contributed by atoms with Crippen molar-refractivity contribution in [1.82, 2.24) is 9.97 Å². The van der Waals surface area contributed by atoms with Crippen LogP contribution in [0.1, 0.15) is 12.6 Å². The molecule has 1 unspecified atom stereocenters. The number of Topliss-reactive ketones (excluding diaryl/α,β-unsaturated/α-hetero) is 1. The molecule has 5 nitrogen and oxygen atoms in total. The van der Waals surface area contributed by atoms with E-state index in [1.165, 1.54) is 43.3 Å². The summed E-state index contributed by atoms with van der Waals surface area (Å²) in [5.74, 6) is -2.31. The summed E-state index contributed by atoms with van der Waals surface area (Å²) >= 11 is 1.40. The van der Waals surface area contributed by atoms with E-state index in [1.54, 1.807) is 12.1 Å². The zero-order valence-electron chi connectivity index (χ0n) is 12.7. The lowest BCUT2D eigenvalue weighted by atomic mass is 9.98. The molecule has 0 spiro atoms. The summed E-state index contributed by atoms with van der Waals surface area (Å²) in [6.07, 6.45) is 4.87. The molecule has 2 rings (SSSR count). The molecule has 7 heteroatoms. The Morgan fingerprint density at radius 3 is 2.70 bits per heavy atom. The van der Waals surface area contributed by atoms with Crippen LogP contribution in [0.25, 0.3) is 0 Å². The fourth-order valence-corrected chi connectivity index (χ4v) is 2.44. The Kier molecular flexibility index (Phi) is 5.81. The second-order valence-electron chi connectivity index (χ2n) is 4.90. The van der Waals surface area contributed by atoms with Crippen LogP contribution < -0.4 is 5.32 Å². The predicted molar refractivity (Wildman–Crippen MR) is 86.7 cm³/mol. The number of hydrogen-bond acceptors (Lipinski definition) is 5. The molecular formula is C16H16FN3O2S. The van der Waals surface area contributed by atoms with E-state index in [1.807, 2.05) is 6.26 Å². The summed E-state index contributed by atoms with van der Waals surface area (Å²) in [4.78, 5) is 32.6. The first-order valence-electron chi connectivity index (χ1n) is 6.91. The number of aromatic nitrogens is 2. The van der Waals surface area contributed by atoms with Crippen molar-refractivity contribution in [2.24, 2.45) is 5.92 Å². The number of thioether (sulfide) groups is 1. The molecule has 1 atom stereocenters. The third kappa shape index (κ3) is 4.59. The van der Waals surface area contributed by atoms with Gasteiger partial charge in [0.1, 0.15) is 23.8 Å². The van der Waals surface area contributed by atoms with E-state index < -0.39 is 17.6 Å². The zero-order chi connectivity index (χ0) is 16.8. The van der Waals surface area contributed by atoms with Crippen LogP contribution in [0.5, 0.6) is 0 Å². The van der Waals surface area contributed by atoms with Crippen molar-refractivity contribution in [3.8, 4) is 0 Å². The van der Waals surface area contributed by atoms with E-state index in [0.717, 1.165) is 4.90 Å². The number of ketones is 1. The molecular weight excluding hydrogens is 317 g/mol. The van der Waals surface area contributed by atoms with Gasteiger partial charge in [0.2, 0.25) is 5.91 Å². The lowest BCUT2D eigenvalue weighted by molar-refractivity contribution is -0.129. The molecule has 0 radical (unpaired) electrons. The van der Waals surface area contributed by atoms with Crippen LogP contribution in [0.15, 0.2) is 41.7 Å². The third-order valence-electron chi connectivity index (χ3n) is 3.30. The summed E-state index contributed by atoms with van der Waals surface area (Å²) in [5, 5.41) is 2.48. The number of nitrogens with one attached hydrogen (secondary N) is 1. The van der Waals surface area contributed by atoms with E-state index in [0.29, 0.717) is 5.69 Å². The zero-order valence-corrected chi connectivity index (χ0v) is 13.6. The number of anilines is 1. The van der Waals surface area contributed by atoms with Gasteiger partial charge in [-0.2, -0.15) is 0 Å². The van der Waals surface area contributed by atoms with Crippen LogP contribution in [-0.2, 0) is 16.0 Å². The van der Waals surface area contributed by atoms with E-state index in [-0.39, 0.29) is 17.9 Å². The van der Waals surface area contributed by atoms with Crippen molar-refractivity contribution < 1.29 is 14.0 Å². The number of benzene rings is 1. The highest BCUT2D eigenvalue weighted by Crippen LogP contribution is 2.22. The minimum absolute atomic E-state index is 0.0572. The highest BCUT2D eigenvalue weighted by atomic mass is 32.2. The summed E-state index contributed by atoms with van der Waals surface area (Å²) in [7, 11) is 0. The summed E-state index contributed by atoms with van der Waals surface area (Å²) in [6, 6.07) is 6.17. The average molecular weight is 333 g/mol. The number of nitrogens with zero attached hydrogens (tertiary/aromatic N) is 2. The standard InChI is InChI=1S/C16H16FN3O2S/c1-10(21)13(7-11-5-6-18-9-19-11)16(22)20-15-4-3-12(23-2)8-14(15)17/h3-6,8-9,13H,7H2,1-2H3,(H,20,22). The molecule has 2 aromatic rings.